The molecule has 0 amide bonds. The summed E-state index contributed by atoms with van der Waals surface area (Å²) < 4.78 is 106. The van der Waals surface area contributed by atoms with E-state index in [0.29, 0.717) is 20.9 Å². The van der Waals surface area contributed by atoms with Crippen molar-refractivity contribution in [2.24, 2.45) is 11.8 Å². The van der Waals surface area contributed by atoms with Gasteiger partial charge in [0, 0.05) is 32.0 Å². The van der Waals surface area contributed by atoms with Crippen molar-refractivity contribution in [1.82, 2.24) is 0 Å². The Bertz CT molecular complexity index is 1490. The molecule has 1 aliphatic rings. The molecule has 228 valence electrons. The number of rotatable bonds is 10. The molecule has 0 saturated heterocycles. The van der Waals surface area contributed by atoms with Crippen LogP contribution in [0.4, 0.5) is 26.3 Å². The van der Waals surface area contributed by atoms with Crippen LogP contribution in [0.3, 0.4) is 0 Å². The van der Waals surface area contributed by atoms with Gasteiger partial charge in [-0.1, -0.05) is 111 Å². The number of benzene rings is 2. The van der Waals surface area contributed by atoms with E-state index in [-0.39, 0.29) is 35.2 Å². The van der Waals surface area contributed by atoms with Crippen molar-refractivity contribution in [3.63, 3.8) is 0 Å². The SMILES string of the molecule is CC(C)COc1sc(-c2ccccc2)cc1C1=C(c2cc(-c3ccccc3)sc2OCC(C)C)C(F)(F)C(F)(F)C1(F)F. The van der Waals surface area contributed by atoms with Crippen LogP contribution >= 0.6 is 22.7 Å². The van der Waals surface area contributed by atoms with Gasteiger partial charge in [-0.15, -0.1) is 0 Å². The number of alkyl halides is 6. The van der Waals surface area contributed by atoms with E-state index in [1.807, 2.05) is 27.7 Å². The van der Waals surface area contributed by atoms with Crippen LogP contribution in [0.25, 0.3) is 32.0 Å². The second kappa shape index (κ2) is 11.7. The summed E-state index contributed by atoms with van der Waals surface area (Å²) in [6.45, 7) is 7.47. The fourth-order valence-corrected chi connectivity index (χ4v) is 6.78. The Balaban J connectivity index is 1.82. The third-order valence-electron chi connectivity index (χ3n) is 6.81. The van der Waals surface area contributed by atoms with Gasteiger partial charge in [-0.25, -0.2) is 0 Å². The van der Waals surface area contributed by atoms with E-state index in [1.54, 1.807) is 60.7 Å². The van der Waals surface area contributed by atoms with Gasteiger partial charge in [0.15, 0.2) is 10.1 Å². The van der Waals surface area contributed by atoms with Crippen LogP contribution in [-0.2, 0) is 0 Å². The Morgan fingerprint density at radius 2 is 0.930 bits per heavy atom. The van der Waals surface area contributed by atoms with E-state index >= 15 is 26.3 Å². The van der Waals surface area contributed by atoms with Crippen LogP contribution in [-0.4, -0.2) is 31.0 Å². The summed E-state index contributed by atoms with van der Waals surface area (Å²) in [5.41, 5.74) is -2.65. The molecule has 2 heterocycles. The Labute approximate surface area is 254 Å². The molecule has 0 fully saturated rings. The maximum absolute atomic E-state index is 15.9. The smallest absolute Gasteiger partial charge is 0.380 e. The highest BCUT2D eigenvalue weighted by Gasteiger charge is 2.80. The van der Waals surface area contributed by atoms with Crippen molar-refractivity contribution in [2.45, 2.75) is 45.5 Å². The molecule has 2 nitrogen and oxygen atoms in total. The number of allylic oxidation sites excluding steroid dienone is 2. The van der Waals surface area contributed by atoms with Crippen molar-refractivity contribution in [3.8, 4) is 31.0 Å². The average molecular weight is 637 g/mol. The van der Waals surface area contributed by atoms with Crippen molar-refractivity contribution in [2.75, 3.05) is 13.2 Å². The number of thiophene rings is 2. The highest BCUT2D eigenvalue weighted by Crippen LogP contribution is 2.67. The molecule has 2 aromatic heterocycles. The van der Waals surface area contributed by atoms with E-state index in [9.17, 15) is 0 Å². The average Bonchev–Trinajstić information content (AvgIpc) is 3.60. The van der Waals surface area contributed by atoms with Gasteiger partial charge in [0.05, 0.1) is 13.2 Å². The molecule has 10 heteroatoms. The highest BCUT2D eigenvalue weighted by molar-refractivity contribution is 7.18. The molecule has 43 heavy (non-hydrogen) atoms. The maximum atomic E-state index is 15.9. The van der Waals surface area contributed by atoms with Gasteiger partial charge in [-0.2, -0.15) is 26.3 Å². The normalized spacial score (nSPS) is 17.2. The van der Waals surface area contributed by atoms with Crippen LogP contribution in [0.5, 0.6) is 10.1 Å². The van der Waals surface area contributed by atoms with Gasteiger partial charge in [-0.05, 0) is 35.1 Å². The molecule has 0 aliphatic heterocycles. The number of hydrogen-bond acceptors (Lipinski definition) is 4. The summed E-state index contributed by atoms with van der Waals surface area (Å²) in [6.07, 6.45) is 0. The van der Waals surface area contributed by atoms with E-state index in [2.05, 4.69) is 0 Å². The van der Waals surface area contributed by atoms with Gasteiger partial charge in [-0.3, -0.25) is 0 Å². The van der Waals surface area contributed by atoms with Gasteiger partial charge < -0.3 is 9.47 Å². The summed E-state index contributed by atoms with van der Waals surface area (Å²) >= 11 is 1.90. The summed E-state index contributed by atoms with van der Waals surface area (Å²) in [7, 11) is 0. The van der Waals surface area contributed by atoms with Gasteiger partial charge in [0.1, 0.15) is 0 Å². The topological polar surface area (TPSA) is 18.5 Å². The Hall–Kier alpha value is -3.24. The Morgan fingerprint density at radius 3 is 1.26 bits per heavy atom. The Kier molecular flexibility index (Phi) is 8.48. The molecular formula is C33H30F6O2S2. The third-order valence-corrected chi connectivity index (χ3v) is 9.01. The molecule has 4 aromatic rings. The number of hydrogen-bond donors (Lipinski definition) is 0. The van der Waals surface area contributed by atoms with Crippen LogP contribution in [0.2, 0.25) is 0 Å². The van der Waals surface area contributed by atoms with E-state index < -0.39 is 40.0 Å². The minimum Gasteiger partial charge on any atom is -0.483 e. The van der Waals surface area contributed by atoms with E-state index in [1.165, 1.54) is 12.1 Å². The molecule has 0 bridgehead atoms. The second-order valence-electron chi connectivity index (χ2n) is 11.2. The summed E-state index contributed by atoms with van der Waals surface area (Å²) in [4.78, 5) is 0.837. The fraction of sp³-hybridized carbons (Fsp3) is 0.333. The number of ether oxygens (including phenoxy) is 2. The van der Waals surface area contributed by atoms with E-state index in [4.69, 9.17) is 9.47 Å². The summed E-state index contributed by atoms with van der Waals surface area (Å²) in [5, 5.41) is -0.257. The minimum atomic E-state index is -5.71. The number of halogens is 6. The molecule has 1 aliphatic carbocycles. The lowest BCUT2D eigenvalue weighted by Crippen LogP contribution is -2.48. The van der Waals surface area contributed by atoms with Crippen molar-refractivity contribution in [1.29, 1.82) is 0 Å². The van der Waals surface area contributed by atoms with Gasteiger partial charge in [0.2, 0.25) is 0 Å². The Morgan fingerprint density at radius 1 is 0.581 bits per heavy atom. The highest BCUT2D eigenvalue weighted by atomic mass is 32.1. The van der Waals surface area contributed by atoms with Crippen LogP contribution in [0.1, 0.15) is 38.8 Å². The zero-order valence-corrected chi connectivity index (χ0v) is 25.5. The molecule has 0 atom stereocenters. The zero-order valence-electron chi connectivity index (χ0n) is 23.9. The maximum Gasteiger partial charge on any atom is 0.380 e. The van der Waals surface area contributed by atoms with Crippen molar-refractivity contribution in [3.05, 3.63) is 83.9 Å². The van der Waals surface area contributed by atoms with Crippen molar-refractivity contribution < 1.29 is 35.8 Å². The lowest BCUT2D eigenvalue weighted by molar-refractivity contribution is -0.254. The first-order valence-corrected chi connectivity index (χ1v) is 15.4. The predicted molar refractivity (Wildman–Crippen MR) is 162 cm³/mol. The standard InChI is InChI=1S/C33H30F6O2S2/c1-19(2)17-40-29-23(15-25(42-29)21-11-7-5-8-12-21)27-28(32(36,37)33(38,39)31(27,34)35)24-16-26(22-13-9-6-10-14-22)43-30(24)41-18-20(3)4/h5-16,19-20H,17-18H2,1-4H3. The first-order chi connectivity index (χ1) is 20.3. The third kappa shape index (κ3) is 5.59. The molecule has 0 radical (unpaired) electrons. The van der Waals surface area contributed by atoms with Crippen molar-refractivity contribution >= 4 is 33.8 Å². The van der Waals surface area contributed by atoms with Gasteiger partial charge in [0.25, 0.3) is 0 Å². The van der Waals surface area contributed by atoms with Crippen LogP contribution < -0.4 is 9.47 Å². The van der Waals surface area contributed by atoms with Gasteiger partial charge >= 0.3 is 17.8 Å². The first kappa shape index (κ1) is 31.2. The molecule has 0 saturated carbocycles. The molecule has 2 aromatic carbocycles. The lowest BCUT2D eigenvalue weighted by Gasteiger charge is -2.25. The lowest BCUT2D eigenvalue weighted by atomic mass is 9.96. The van der Waals surface area contributed by atoms with Crippen LogP contribution in [0.15, 0.2) is 72.8 Å². The van der Waals surface area contributed by atoms with E-state index in [0.717, 1.165) is 22.7 Å². The first-order valence-electron chi connectivity index (χ1n) is 13.8. The molecule has 5 rings (SSSR count). The zero-order chi connectivity index (χ0) is 31.2. The quantitative estimate of drug-likeness (QED) is 0.161. The molecular weight excluding hydrogens is 606 g/mol. The second-order valence-corrected chi connectivity index (χ2v) is 13.3. The summed E-state index contributed by atoms with van der Waals surface area (Å²) in [5.74, 6) is -16.2. The fourth-order valence-electron chi connectivity index (χ4n) is 4.72. The largest absolute Gasteiger partial charge is 0.483 e. The predicted octanol–water partition coefficient (Wildman–Crippen LogP) is 11.0. The van der Waals surface area contributed by atoms with Crippen LogP contribution in [0, 0.1) is 11.8 Å². The molecule has 0 unspecified atom stereocenters. The summed E-state index contributed by atoms with van der Waals surface area (Å²) in [6, 6.07) is 19.8. The molecule has 0 spiro atoms. The molecule has 0 N–H and O–H groups in total. The minimum absolute atomic E-state index is 0.0446. The monoisotopic (exact) mass is 636 g/mol.